The SMILES string of the molecule is Cc1cc(C)c(-c2c3nc(c(-c4ccc(CP(Br)(c5ccccc5)(c5ccccc5)c5ccccc5)cc4)c4ccc([nH]4)c(-c4c(C)cc(C)cc4C)c4nc(c(-c5ccc(CP(Br)(c6ccccc6)(c6ccccc6)c6ccccc6)cc5)c5ccc2[nH]5)C=C4)C=C3)c(C)c1. The summed E-state index contributed by atoms with van der Waals surface area (Å²) in [4.78, 5) is 19.8. The van der Waals surface area contributed by atoms with Crippen LogP contribution in [0.15, 0.2) is 279 Å². The van der Waals surface area contributed by atoms with E-state index in [1.165, 1.54) is 76.3 Å². The average molecular weight is 1410 g/mol. The van der Waals surface area contributed by atoms with Crippen LogP contribution in [-0.2, 0) is 12.3 Å². The second-order valence-corrected chi connectivity index (χ2v) is 44.0. The van der Waals surface area contributed by atoms with Crippen LogP contribution >= 0.6 is 41.6 Å². The first-order valence-electron chi connectivity index (χ1n) is 33.0. The van der Waals surface area contributed by atoms with Crippen molar-refractivity contribution in [3.05, 3.63) is 346 Å². The number of H-pyrrole nitrogens is 2. The molecule has 470 valence electrons. The molecule has 0 radical (unpaired) electrons. The van der Waals surface area contributed by atoms with E-state index in [2.05, 4.69) is 355 Å². The van der Waals surface area contributed by atoms with E-state index in [0.29, 0.717) is 0 Å². The molecular formula is C88H74Br2N4P2. The van der Waals surface area contributed by atoms with Crippen LogP contribution in [0.3, 0.4) is 0 Å². The number of nitrogens with zero attached hydrogens (tertiary/aromatic N) is 2. The summed E-state index contributed by atoms with van der Waals surface area (Å²) < 4.78 is 0. The van der Waals surface area contributed by atoms with Crippen LogP contribution in [0.25, 0.3) is 90.9 Å². The Morgan fingerprint density at radius 2 is 0.500 bits per heavy atom. The van der Waals surface area contributed by atoms with Crippen molar-refractivity contribution in [2.45, 2.75) is 53.9 Å². The third kappa shape index (κ3) is 10.7. The monoisotopic (exact) mass is 1410 g/mol. The summed E-state index contributed by atoms with van der Waals surface area (Å²) in [7, 11) is 0. The molecule has 2 N–H and O–H groups in total. The number of aromatic nitrogens is 4. The van der Waals surface area contributed by atoms with E-state index >= 15 is 0 Å². The van der Waals surface area contributed by atoms with Gasteiger partial charge in [0.2, 0.25) is 0 Å². The van der Waals surface area contributed by atoms with Crippen molar-refractivity contribution in [3.63, 3.8) is 0 Å². The summed E-state index contributed by atoms with van der Waals surface area (Å²) in [5.74, 6) is 0. The van der Waals surface area contributed by atoms with Crippen molar-refractivity contribution in [1.82, 2.24) is 19.9 Å². The second kappa shape index (κ2) is 25.0. The van der Waals surface area contributed by atoms with Crippen LogP contribution in [0.4, 0.5) is 0 Å². The number of fused-ring (bicyclic) bond motifs is 8. The van der Waals surface area contributed by atoms with Gasteiger partial charge in [-0.1, -0.05) is 35.4 Å². The Bertz CT molecular complexity index is 4790. The fourth-order valence-electron chi connectivity index (χ4n) is 15.6. The van der Waals surface area contributed by atoms with Crippen molar-refractivity contribution in [2.24, 2.45) is 0 Å². The molecule has 0 aliphatic carbocycles. The smallest absolute Gasteiger partial charge is 0.0557 e. The van der Waals surface area contributed by atoms with Gasteiger partial charge in [-0.05, 0) is 41.5 Å². The van der Waals surface area contributed by atoms with Crippen LogP contribution in [0.2, 0.25) is 0 Å². The molecule has 0 spiro atoms. The molecule has 0 saturated heterocycles. The summed E-state index contributed by atoms with van der Waals surface area (Å²) >= 11 is 9.52. The van der Waals surface area contributed by atoms with Crippen molar-refractivity contribution >= 4 is 120 Å². The molecule has 3 aromatic heterocycles. The Balaban J connectivity index is 0.966. The topological polar surface area (TPSA) is 57.4 Å². The van der Waals surface area contributed by atoms with Gasteiger partial charge in [0, 0.05) is 0 Å². The maximum atomic E-state index is 5.81. The van der Waals surface area contributed by atoms with Crippen molar-refractivity contribution in [3.8, 4) is 44.5 Å². The minimum absolute atomic E-state index is 0.764. The summed E-state index contributed by atoms with van der Waals surface area (Å²) in [6.45, 7) is 13.3. The minimum Gasteiger partial charge on any atom is -0.0557 e. The van der Waals surface area contributed by atoms with Gasteiger partial charge in [0.1, 0.15) is 0 Å². The molecule has 13 aromatic rings. The zero-order valence-corrected chi connectivity index (χ0v) is 59.8. The Kier molecular flexibility index (Phi) is 16.3. The molecule has 2 aliphatic rings. The molecule has 0 amide bonds. The van der Waals surface area contributed by atoms with Gasteiger partial charge in [0.05, 0.1) is 0 Å². The van der Waals surface area contributed by atoms with Crippen molar-refractivity contribution < 1.29 is 0 Å². The fourth-order valence-corrected chi connectivity index (χ4v) is 31.0. The molecule has 96 heavy (non-hydrogen) atoms. The van der Waals surface area contributed by atoms with Crippen molar-refractivity contribution in [1.29, 1.82) is 0 Å². The van der Waals surface area contributed by atoms with Crippen LogP contribution in [0.1, 0.15) is 67.3 Å². The first kappa shape index (κ1) is 62.7. The van der Waals surface area contributed by atoms with Gasteiger partial charge >= 0.3 is 507 Å². The normalized spacial score (nSPS) is 13.0. The first-order chi connectivity index (χ1) is 46.7. The summed E-state index contributed by atoms with van der Waals surface area (Å²) in [5.41, 5.74) is 25.6. The number of rotatable bonds is 14. The summed E-state index contributed by atoms with van der Waals surface area (Å²) in [5, 5.41) is 1.03. The van der Waals surface area contributed by atoms with Crippen LogP contribution in [0.5, 0.6) is 0 Å². The number of benzene rings is 10. The number of nitrogens with one attached hydrogen (secondary N) is 2. The molecule has 5 heterocycles. The molecule has 8 heteroatoms. The number of halogens is 2. The van der Waals surface area contributed by atoms with E-state index in [4.69, 9.17) is 40.9 Å². The number of hydrogen-bond donors (Lipinski definition) is 2. The standard InChI is InChI=1S/C88H74Br2N4P2/c1-59-53-61(3)83(62(4)54-59)87-79-49-45-75(91-79)85(67-41-37-65(38-42-67)57-95(89,69-25-13-7-14-26-69,70-27-15-8-16-28-70)71-29-17-9-18-30-71)77-47-51-81(93-77)88(84-63(5)55-60(2)56-64(84)6)82-52-48-78(94-82)86(76-46-50-80(87)92-76)68-43-39-66(40-44-68)58-96(90,72-31-19-10-20-32-72,73-33-21-11-22-34-73)74-35-23-12-24-36-74/h7-56,91,94H,57-58H2,1-6H3. The molecule has 10 aromatic carbocycles. The third-order valence-corrected chi connectivity index (χ3v) is 38.9. The molecule has 15 rings (SSSR count). The molecule has 0 unspecified atom stereocenters. The van der Waals surface area contributed by atoms with E-state index in [-0.39, 0.29) is 0 Å². The zero-order chi connectivity index (χ0) is 65.8. The minimum atomic E-state index is -3.33. The average Bonchev–Trinajstić information content (AvgIpc) is 0.986. The summed E-state index contributed by atoms with van der Waals surface area (Å²) in [6, 6.07) is 103. The third-order valence-electron chi connectivity index (χ3n) is 19.8. The van der Waals surface area contributed by atoms with Gasteiger partial charge in [-0.3, -0.25) is 0 Å². The Hall–Kier alpha value is -9.38. The molecular weight excluding hydrogens is 1330 g/mol. The van der Waals surface area contributed by atoms with Gasteiger partial charge < -0.3 is 0 Å². The predicted molar refractivity (Wildman–Crippen MR) is 425 cm³/mol. The Morgan fingerprint density at radius 1 is 0.271 bits per heavy atom. The molecule has 8 bridgehead atoms. The van der Waals surface area contributed by atoms with Crippen LogP contribution in [0, 0.1) is 41.5 Å². The van der Waals surface area contributed by atoms with Gasteiger partial charge in [0.15, 0.2) is 0 Å². The first-order valence-corrected chi connectivity index (χ1v) is 41.9. The van der Waals surface area contributed by atoms with E-state index in [0.717, 1.165) is 102 Å². The number of aromatic amines is 2. The van der Waals surface area contributed by atoms with E-state index in [1.54, 1.807) is 0 Å². The summed E-state index contributed by atoms with van der Waals surface area (Å²) in [6.07, 6.45) is 10.4. The second-order valence-electron chi connectivity index (χ2n) is 26.1. The predicted octanol–water partition coefficient (Wildman–Crippen LogP) is 21.9. The van der Waals surface area contributed by atoms with Crippen molar-refractivity contribution in [2.75, 3.05) is 0 Å². The zero-order valence-electron chi connectivity index (χ0n) is 54.8. The molecule has 0 atom stereocenters. The number of hydrogen-bond acceptors (Lipinski definition) is 2. The Labute approximate surface area is 580 Å². The van der Waals surface area contributed by atoms with Gasteiger partial charge in [-0.25, -0.2) is 0 Å². The Morgan fingerprint density at radius 3 is 0.750 bits per heavy atom. The quantitative estimate of drug-likeness (QED) is 0.107. The van der Waals surface area contributed by atoms with E-state index in [1.807, 2.05) is 0 Å². The maximum absolute atomic E-state index is 5.81. The fraction of sp³-hybridized carbons (Fsp3) is 0.0909. The number of aryl methyl sites for hydroxylation is 6. The van der Waals surface area contributed by atoms with Gasteiger partial charge in [-0.15, -0.1) is 0 Å². The van der Waals surface area contributed by atoms with Gasteiger partial charge in [0.25, 0.3) is 0 Å². The molecule has 4 nitrogen and oxygen atoms in total. The van der Waals surface area contributed by atoms with Crippen LogP contribution in [-0.4, -0.2) is 19.9 Å². The van der Waals surface area contributed by atoms with E-state index in [9.17, 15) is 0 Å². The van der Waals surface area contributed by atoms with Crippen LogP contribution < -0.4 is 31.8 Å². The van der Waals surface area contributed by atoms with Gasteiger partial charge in [-0.2, -0.15) is 0 Å². The molecule has 0 fully saturated rings. The molecule has 2 aliphatic heterocycles. The molecule has 0 saturated carbocycles. The van der Waals surface area contributed by atoms with E-state index < -0.39 is 10.6 Å².